The molecular formula is C21H15N3O2S. The van der Waals surface area contributed by atoms with Gasteiger partial charge in [-0.25, -0.2) is 9.78 Å². The predicted octanol–water partition coefficient (Wildman–Crippen LogP) is 4.80. The molecule has 0 bridgehead atoms. The maximum Gasteiger partial charge on any atom is 0.338 e. The highest BCUT2D eigenvalue weighted by Crippen LogP contribution is 2.36. The maximum absolute atomic E-state index is 12.0. The largest absolute Gasteiger partial charge is 0.462 e. The topological polar surface area (TPSA) is 67.9 Å². The highest BCUT2D eigenvalue weighted by molar-refractivity contribution is 7.17. The second kappa shape index (κ2) is 7.06. The van der Waals surface area contributed by atoms with Crippen molar-refractivity contribution in [3.63, 3.8) is 0 Å². The van der Waals surface area contributed by atoms with E-state index in [1.807, 2.05) is 18.3 Å². The van der Waals surface area contributed by atoms with E-state index in [-0.39, 0.29) is 0 Å². The van der Waals surface area contributed by atoms with Gasteiger partial charge >= 0.3 is 5.97 Å². The average molecular weight is 373 g/mol. The Balaban J connectivity index is 1.80. The first-order chi connectivity index (χ1) is 13.2. The smallest absolute Gasteiger partial charge is 0.338 e. The van der Waals surface area contributed by atoms with Gasteiger partial charge in [0.1, 0.15) is 11.9 Å². The van der Waals surface area contributed by atoms with E-state index in [4.69, 9.17) is 4.74 Å². The van der Waals surface area contributed by atoms with Crippen molar-refractivity contribution in [3.05, 3.63) is 71.5 Å². The first-order valence-electron chi connectivity index (χ1n) is 8.43. The van der Waals surface area contributed by atoms with Gasteiger partial charge in [0.25, 0.3) is 0 Å². The zero-order valence-electron chi connectivity index (χ0n) is 14.5. The van der Waals surface area contributed by atoms with E-state index < -0.39 is 5.97 Å². The van der Waals surface area contributed by atoms with Crippen LogP contribution in [0, 0.1) is 11.3 Å². The van der Waals surface area contributed by atoms with Crippen molar-refractivity contribution in [2.45, 2.75) is 6.92 Å². The van der Waals surface area contributed by atoms with Crippen LogP contribution in [0.15, 0.2) is 60.4 Å². The number of hydrogen-bond acceptors (Lipinski definition) is 5. The summed E-state index contributed by atoms with van der Waals surface area (Å²) in [4.78, 5) is 16.3. The number of thiophene rings is 1. The van der Waals surface area contributed by atoms with Crippen molar-refractivity contribution in [3.8, 4) is 23.0 Å². The van der Waals surface area contributed by atoms with Gasteiger partial charge in [-0.2, -0.15) is 5.26 Å². The Bertz CT molecular complexity index is 1180. The quantitative estimate of drug-likeness (QED) is 0.482. The van der Waals surface area contributed by atoms with Crippen LogP contribution in [-0.2, 0) is 4.74 Å². The van der Waals surface area contributed by atoms with E-state index in [0.717, 1.165) is 16.5 Å². The molecule has 0 aliphatic heterocycles. The van der Waals surface area contributed by atoms with Crippen LogP contribution in [0.3, 0.4) is 0 Å². The molecule has 0 saturated carbocycles. The van der Waals surface area contributed by atoms with Crippen LogP contribution in [0.25, 0.3) is 27.0 Å². The van der Waals surface area contributed by atoms with Crippen molar-refractivity contribution in [2.24, 2.45) is 0 Å². The first-order valence-corrected chi connectivity index (χ1v) is 9.31. The number of carbonyl (C=O) groups excluding carboxylic acids is 1. The number of nitriles is 1. The van der Waals surface area contributed by atoms with Crippen molar-refractivity contribution in [1.82, 2.24) is 9.55 Å². The third-order valence-corrected chi connectivity index (χ3v) is 5.20. The van der Waals surface area contributed by atoms with E-state index in [2.05, 4.69) is 28.6 Å². The van der Waals surface area contributed by atoms with E-state index in [1.54, 1.807) is 47.4 Å². The summed E-state index contributed by atoms with van der Waals surface area (Å²) in [5.41, 5.74) is 2.85. The summed E-state index contributed by atoms with van der Waals surface area (Å²) in [5.74, 6) is 0.167. The van der Waals surface area contributed by atoms with Gasteiger partial charge in [0.2, 0.25) is 0 Å². The fourth-order valence-corrected chi connectivity index (χ4v) is 3.94. The molecule has 0 N–H and O–H groups in total. The summed E-state index contributed by atoms with van der Waals surface area (Å²) >= 11 is 1.65. The van der Waals surface area contributed by atoms with Crippen molar-refractivity contribution < 1.29 is 9.53 Å². The lowest BCUT2D eigenvalue weighted by atomic mass is 10.0. The molecule has 132 valence electrons. The fourth-order valence-electron chi connectivity index (χ4n) is 2.98. The normalized spacial score (nSPS) is 10.7. The summed E-state index contributed by atoms with van der Waals surface area (Å²) in [5, 5.41) is 12.8. The van der Waals surface area contributed by atoms with E-state index in [0.29, 0.717) is 23.6 Å². The molecule has 27 heavy (non-hydrogen) atoms. The molecular weight excluding hydrogens is 358 g/mol. The molecule has 0 unspecified atom stereocenters. The Kier molecular flexibility index (Phi) is 4.45. The van der Waals surface area contributed by atoms with E-state index in [9.17, 15) is 10.1 Å². The van der Waals surface area contributed by atoms with Gasteiger partial charge in [-0.15, -0.1) is 11.3 Å². The number of benzene rings is 1. The Morgan fingerprint density at radius 2 is 2.11 bits per heavy atom. The monoisotopic (exact) mass is 373 g/mol. The number of carbonyl (C=O) groups is 1. The average Bonchev–Trinajstić information content (AvgIpc) is 3.32. The Hall–Kier alpha value is -3.43. The molecule has 0 atom stereocenters. The molecule has 5 nitrogen and oxygen atoms in total. The number of ether oxygens (including phenoxy) is 1. The van der Waals surface area contributed by atoms with Gasteiger partial charge in [0, 0.05) is 39.8 Å². The van der Waals surface area contributed by atoms with Gasteiger partial charge < -0.3 is 9.30 Å². The molecule has 3 heterocycles. The lowest BCUT2D eigenvalue weighted by Crippen LogP contribution is -2.06. The maximum atomic E-state index is 12.0. The molecule has 0 aliphatic rings. The number of rotatable bonds is 4. The Morgan fingerprint density at radius 3 is 2.93 bits per heavy atom. The van der Waals surface area contributed by atoms with Gasteiger partial charge in [0.15, 0.2) is 0 Å². The minimum Gasteiger partial charge on any atom is -0.462 e. The van der Waals surface area contributed by atoms with Crippen LogP contribution < -0.4 is 0 Å². The standard InChI is InChI=1S/C21H15N3O2S/c1-2-26-21(25)14-7-8-23-20(9-14)24-11-15(10-22)17(12-24)18-13-27-19-6-4-3-5-16(18)19/h3-9,11-13H,2H2,1H3. The summed E-state index contributed by atoms with van der Waals surface area (Å²) < 4.78 is 7.99. The molecule has 0 fully saturated rings. The minimum atomic E-state index is -0.391. The third-order valence-electron chi connectivity index (χ3n) is 4.24. The SMILES string of the molecule is CCOC(=O)c1ccnc(-n2cc(C#N)c(-c3csc4ccccc34)c2)c1. The predicted molar refractivity (Wildman–Crippen MR) is 105 cm³/mol. The van der Waals surface area contributed by atoms with Crippen LogP contribution >= 0.6 is 11.3 Å². The number of esters is 1. The molecule has 4 aromatic rings. The number of aromatic nitrogens is 2. The molecule has 4 rings (SSSR count). The summed E-state index contributed by atoms with van der Waals surface area (Å²) in [6, 6.07) is 13.7. The molecule has 0 aliphatic carbocycles. The molecule has 0 radical (unpaired) electrons. The van der Waals surface area contributed by atoms with Crippen LogP contribution in [0.5, 0.6) is 0 Å². The molecule has 3 aromatic heterocycles. The number of hydrogen-bond donors (Lipinski definition) is 0. The van der Waals surface area contributed by atoms with Crippen LogP contribution in [0.1, 0.15) is 22.8 Å². The highest BCUT2D eigenvalue weighted by Gasteiger charge is 2.15. The van der Waals surface area contributed by atoms with Crippen LogP contribution in [0.2, 0.25) is 0 Å². The second-order valence-electron chi connectivity index (χ2n) is 5.87. The number of fused-ring (bicyclic) bond motifs is 1. The van der Waals surface area contributed by atoms with Crippen LogP contribution in [0.4, 0.5) is 0 Å². The Labute approximate surface area is 160 Å². The number of pyridine rings is 1. The molecule has 0 spiro atoms. The van der Waals surface area contributed by atoms with E-state index >= 15 is 0 Å². The molecule has 1 aromatic carbocycles. The lowest BCUT2D eigenvalue weighted by Gasteiger charge is -2.05. The fraction of sp³-hybridized carbons (Fsp3) is 0.0952. The molecule has 0 saturated heterocycles. The van der Waals surface area contributed by atoms with Gasteiger partial charge in [-0.1, -0.05) is 18.2 Å². The third kappa shape index (κ3) is 3.09. The second-order valence-corrected chi connectivity index (χ2v) is 6.78. The summed E-state index contributed by atoms with van der Waals surface area (Å²) in [6.07, 6.45) is 5.18. The van der Waals surface area contributed by atoms with Gasteiger partial charge in [0.05, 0.1) is 17.7 Å². The van der Waals surface area contributed by atoms with E-state index in [1.165, 1.54) is 4.70 Å². The zero-order valence-corrected chi connectivity index (χ0v) is 15.4. The van der Waals surface area contributed by atoms with Gasteiger partial charge in [-0.3, -0.25) is 0 Å². The number of nitrogens with zero attached hydrogens (tertiary/aromatic N) is 3. The van der Waals surface area contributed by atoms with Crippen molar-refractivity contribution in [2.75, 3.05) is 6.61 Å². The molecule has 0 amide bonds. The van der Waals surface area contributed by atoms with Crippen LogP contribution in [-0.4, -0.2) is 22.1 Å². The zero-order chi connectivity index (χ0) is 18.8. The van der Waals surface area contributed by atoms with Crippen molar-refractivity contribution >= 4 is 27.4 Å². The molecule has 6 heteroatoms. The lowest BCUT2D eigenvalue weighted by molar-refractivity contribution is 0.0526. The minimum absolute atomic E-state index is 0.313. The Morgan fingerprint density at radius 1 is 1.26 bits per heavy atom. The summed E-state index contributed by atoms with van der Waals surface area (Å²) in [6.45, 7) is 2.08. The van der Waals surface area contributed by atoms with Crippen molar-refractivity contribution in [1.29, 1.82) is 5.26 Å². The highest BCUT2D eigenvalue weighted by atomic mass is 32.1. The summed E-state index contributed by atoms with van der Waals surface area (Å²) in [7, 11) is 0. The van der Waals surface area contributed by atoms with Gasteiger partial charge in [-0.05, 0) is 30.5 Å². The first kappa shape index (κ1) is 17.0.